The summed E-state index contributed by atoms with van der Waals surface area (Å²) in [4.78, 5) is 9.98. The molecule has 1 saturated heterocycles. The van der Waals surface area contributed by atoms with Crippen LogP contribution in [0.2, 0.25) is 0 Å². The van der Waals surface area contributed by atoms with Gasteiger partial charge in [0.1, 0.15) is 0 Å². The Labute approximate surface area is 70.7 Å². The second kappa shape index (κ2) is 3.02. The summed E-state index contributed by atoms with van der Waals surface area (Å²) in [5, 5.41) is 2.15. The summed E-state index contributed by atoms with van der Waals surface area (Å²) in [6.07, 6.45) is 0.509. The van der Waals surface area contributed by atoms with Gasteiger partial charge in [-0.1, -0.05) is 0 Å². The van der Waals surface area contributed by atoms with Crippen LogP contribution in [0.5, 0.6) is 0 Å². The lowest BCUT2D eigenvalue weighted by atomic mass is 10.3. The van der Waals surface area contributed by atoms with E-state index in [1.165, 1.54) is 0 Å². The van der Waals surface area contributed by atoms with Gasteiger partial charge in [-0.15, -0.1) is 0 Å². The van der Waals surface area contributed by atoms with Crippen LogP contribution in [0.3, 0.4) is 0 Å². The molecule has 2 atom stereocenters. The molecule has 1 N–H and O–H groups in total. The van der Waals surface area contributed by atoms with Crippen molar-refractivity contribution in [2.75, 3.05) is 11.5 Å². The predicted octanol–water partition coefficient (Wildman–Crippen LogP) is -1.17. The maximum Gasteiger partial charge on any atom is 0.207 e. The van der Waals surface area contributed by atoms with Crippen molar-refractivity contribution in [3.63, 3.8) is 0 Å². The van der Waals surface area contributed by atoms with Crippen LogP contribution < -0.4 is 5.32 Å². The summed E-state index contributed by atoms with van der Waals surface area (Å²) in [5.74, 6) is 0.0710. The van der Waals surface area contributed by atoms with Gasteiger partial charge in [0.25, 0.3) is 0 Å². The molecule has 0 saturated carbocycles. The predicted molar refractivity (Wildman–Crippen MR) is 44.4 cm³/mol. The van der Waals surface area contributed by atoms with Crippen molar-refractivity contribution in [3.05, 3.63) is 0 Å². The summed E-state index contributed by atoms with van der Waals surface area (Å²) in [5.41, 5.74) is 0. The number of hydrogen-bond acceptors (Lipinski definition) is 4. The number of amides is 1. The van der Waals surface area contributed by atoms with E-state index in [9.17, 15) is 13.2 Å². The summed E-state index contributed by atoms with van der Waals surface area (Å²) in [7, 11) is -2.96. The molecule has 1 aliphatic heterocycles. The molecule has 0 spiro atoms. The molecule has 0 aromatic carbocycles. The summed E-state index contributed by atoms with van der Waals surface area (Å²) < 4.78 is 21.8. The lowest BCUT2D eigenvalue weighted by Gasteiger charge is -2.09. The average Bonchev–Trinajstić information content (AvgIpc) is 2.07. The minimum atomic E-state index is -2.96. The number of carbonyl (C=O) groups excluding carboxylic acids is 1. The Morgan fingerprint density at radius 2 is 2.09 bits per heavy atom. The lowest BCUT2D eigenvalue weighted by Crippen LogP contribution is -2.35. The van der Waals surface area contributed by atoms with Crippen molar-refractivity contribution >= 4 is 28.9 Å². The third-order valence-electron chi connectivity index (χ3n) is 1.60. The van der Waals surface area contributed by atoms with Crippen molar-refractivity contribution in [3.8, 4) is 0 Å². The highest BCUT2D eigenvalue weighted by Crippen LogP contribution is 2.16. The van der Waals surface area contributed by atoms with E-state index in [0.717, 1.165) is 0 Å². The van der Waals surface area contributed by atoms with E-state index in [-0.39, 0.29) is 22.8 Å². The van der Waals surface area contributed by atoms with Crippen LogP contribution in [-0.4, -0.2) is 37.6 Å². The Morgan fingerprint density at radius 1 is 1.45 bits per heavy atom. The van der Waals surface area contributed by atoms with Gasteiger partial charge in [-0.25, -0.2) is 8.42 Å². The molecule has 64 valence electrons. The molecule has 1 heterocycles. The molecule has 0 aromatic heterocycles. The molecule has 1 aliphatic rings. The zero-order valence-electron chi connectivity index (χ0n) is 5.73. The highest BCUT2D eigenvalue weighted by atomic mass is 32.2. The average molecular weight is 195 g/mol. The molecule has 0 bridgehead atoms. The standard InChI is InChI=1S/C5H9NO3S2/c7-3-6-4-1-11(8,9)2-5(4)10/h3-5,10H,1-2H2,(H,6,7)/t4-,5-/m1/s1. The highest BCUT2D eigenvalue weighted by molar-refractivity contribution is 7.93. The normalized spacial score (nSPS) is 35.0. The molecule has 0 radical (unpaired) electrons. The van der Waals surface area contributed by atoms with E-state index in [1.807, 2.05) is 0 Å². The third kappa shape index (κ3) is 2.10. The molecule has 0 unspecified atom stereocenters. The minimum Gasteiger partial charge on any atom is -0.354 e. The Morgan fingerprint density at radius 3 is 2.45 bits per heavy atom. The Kier molecular flexibility index (Phi) is 2.43. The van der Waals surface area contributed by atoms with E-state index >= 15 is 0 Å². The van der Waals surface area contributed by atoms with E-state index < -0.39 is 9.84 Å². The van der Waals surface area contributed by atoms with Crippen molar-refractivity contribution in [1.29, 1.82) is 0 Å². The molecule has 11 heavy (non-hydrogen) atoms. The van der Waals surface area contributed by atoms with Crippen LogP contribution in [0.15, 0.2) is 0 Å². The molecular formula is C5H9NO3S2. The summed E-state index contributed by atoms with van der Waals surface area (Å²) in [6, 6.07) is -0.319. The van der Waals surface area contributed by atoms with Crippen LogP contribution in [0.4, 0.5) is 0 Å². The second-order valence-corrected chi connectivity index (χ2v) is 5.35. The summed E-state index contributed by atoms with van der Waals surface area (Å²) in [6.45, 7) is 0. The minimum absolute atomic E-state index is 0.0138. The fourth-order valence-electron chi connectivity index (χ4n) is 1.08. The molecule has 4 nitrogen and oxygen atoms in total. The monoisotopic (exact) mass is 195 g/mol. The molecule has 0 aliphatic carbocycles. The molecule has 6 heteroatoms. The van der Waals surface area contributed by atoms with Crippen LogP contribution in [0.1, 0.15) is 0 Å². The second-order valence-electron chi connectivity index (χ2n) is 2.54. The van der Waals surface area contributed by atoms with Crippen LogP contribution >= 0.6 is 12.6 Å². The largest absolute Gasteiger partial charge is 0.354 e. The quantitative estimate of drug-likeness (QED) is 0.431. The molecule has 1 amide bonds. The first-order chi connectivity index (χ1) is 5.05. The van der Waals surface area contributed by atoms with E-state index in [2.05, 4.69) is 17.9 Å². The van der Waals surface area contributed by atoms with Gasteiger partial charge in [-0.05, 0) is 0 Å². The number of sulfone groups is 1. The van der Waals surface area contributed by atoms with Crippen molar-refractivity contribution in [2.45, 2.75) is 11.3 Å². The van der Waals surface area contributed by atoms with E-state index in [1.54, 1.807) is 0 Å². The number of nitrogens with one attached hydrogen (secondary N) is 1. The fraction of sp³-hybridized carbons (Fsp3) is 0.800. The van der Waals surface area contributed by atoms with Crippen molar-refractivity contribution in [1.82, 2.24) is 5.32 Å². The first-order valence-electron chi connectivity index (χ1n) is 3.13. The smallest absolute Gasteiger partial charge is 0.207 e. The van der Waals surface area contributed by atoms with Crippen molar-refractivity contribution < 1.29 is 13.2 Å². The summed E-state index contributed by atoms with van der Waals surface area (Å²) >= 11 is 4.03. The van der Waals surface area contributed by atoms with E-state index in [4.69, 9.17) is 0 Å². The lowest BCUT2D eigenvalue weighted by molar-refractivity contribution is -0.110. The zero-order chi connectivity index (χ0) is 8.48. The number of rotatable bonds is 2. The van der Waals surface area contributed by atoms with Gasteiger partial charge in [0.15, 0.2) is 9.84 Å². The number of thiol groups is 1. The van der Waals surface area contributed by atoms with Crippen LogP contribution in [0, 0.1) is 0 Å². The van der Waals surface area contributed by atoms with Gasteiger partial charge in [0.2, 0.25) is 6.41 Å². The fourth-order valence-corrected chi connectivity index (χ4v) is 3.86. The van der Waals surface area contributed by atoms with Crippen LogP contribution in [-0.2, 0) is 14.6 Å². The molecular weight excluding hydrogens is 186 g/mol. The van der Waals surface area contributed by atoms with Crippen molar-refractivity contribution in [2.24, 2.45) is 0 Å². The Bertz CT molecular complexity index is 248. The molecule has 1 rings (SSSR count). The molecule has 0 aromatic rings. The first kappa shape index (κ1) is 8.86. The number of carbonyl (C=O) groups is 1. The number of hydrogen-bond donors (Lipinski definition) is 2. The van der Waals surface area contributed by atoms with Gasteiger partial charge in [-0.2, -0.15) is 12.6 Å². The van der Waals surface area contributed by atoms with Gasteiger partial charge in [-0.3, -0.25) is 4.79 Å². The van der Waals surface area contributed by atoms with Gasteiger partial charge in [0.05, 0.1) is 17.5 Å². The van der Waals surface area contributed by atoms with Crippen LogP contribution in [0.25, 0.3) is 0 Å². The van der Waals surface area contributed by atoms with E-state index in [0.29, 0.717) is 6.41 Å². The maximum absolute atomic E-state index is 10.9. The van der Waals surface area contributed by atoms with Gasteiger partial charge >= 0.3 is 0 Å². The zero-order valence-corrected chi connectivity index (χ0v) is 7.44. The van der Waals surface area contributed by atoms with Gasteiger partial charge in [0, 0.05) is 5.25 Å². The SMILES string of the molecule is O=CN[C@@H]1CS(=O)(=O)C[C@H]1S. The Balaban J connectivity index is 2.66. The highest BCUT2D eigenvalue weighted by Gasteiger charge is 2.34. The Hall–Kier alpha value is -0.230. The topological polar surface area (TPSA) is 63.2 Å². The third-order valence-corrected chi connectivity index (χ3v) is 4.13. The van der Waals surface area contributed by atoms with Gasteiger partial charge < -0.3 is 5.32 Å². The first-order valence-corrected chi connectivity index (χ1v) is 5.47. The molecule has 1 fully saturated rings. The maximum atomic E-state index is 10.9.